The van der Waals surface area contributed by atoms with Gasteiger partial charge in [0.2, 0.25) is 0 Å². The fourth-order valence-corrected chi connectivity index (χ4v) is 0.976. The van der Waals surface area contributed by atoms with Crippen LogP contribution in [0.4, 0.5) is 0 Å². The van der Waals surface area contributed by atoms with E-state index in [1.54, 1.807) is 6.20 Å². The standard InChI is InChI=1S/C10H15NO2/c12-7-3-4-8-13-9-10-5-1-2-6-11-10/h1-2,5-6,12H,3-4,7-9H2. The summed E-state index contributed by atoms with van der Waals surface area (Å²) in [5.41, 5.74) is 0.950. The van der Waals surface area contributed by atoms with Crippen molar-refractivity contribution in [2.45, 2.75) is 19.4 Å². The maximum atomic E-state index is 8.51. The molecular formula is C10H15NO2. The van der Waals surface area contributed by atoms with Crippen molar-refractivity contribution in [2.24, 2.45) is 0 Å². The Morgan fingerprint density at radius 2 is 2.23 bits per heavy atom. The zero-order valence-electron chi connectivity index (χ0n) is 7.65. The van der Waals surface area contributed by atoms with Crippen LogP contribution in [-0.2, 0) is 11.3 Å². The maximum Gasteiger partial charge on any atom is 0.0887 e. The molecule has 0 bridgehead atoms. The van der Waals surface area contributed by atoms with Crippen molar-refractivity contribution in [1.29, 1.82) is 0 Å². The van der Waals surface area contributed by atoms with E-state index in [2.05, 4.69) is 4.98 Å². The molecular weight excluding hydrogens is 166 g/mol. The van der Waals surface area contributed by atoms with Gasteiger partial charge in [0.25, 0.3) is 0 Å². The van der Waals surface area contributed by atoms with Crippen LogP contribution < -0.4 is 0 Å². The molecule has 3 heteroatoms. The van der Waals surface area contributed by atoms with Crippen LogP contribution in [0.3, 0.4) is 0 Å². The molecule has 1 N–H and O–H groups in total. The summed E-state index contributed by atoms with van der Waals surface area (Å²) in [6.07, 6.45) is 3.47. The van der Waals surface area contributed by atoms with Gasteiger partial charge in [-0.15, -0.1) is 0 Å². The Hall–Kier alpha value is -0.930. The van der Waals surface area contributed by atoms with Gasteiger partial charge in [0.15, 0.2) is 0 Å². The minimum atomic E-state index is 0.243. The molecule has 0 aliphatic rings. The van der Waals surface area contributed by atoms with Crippen LogP contribution >= 0.6 is 0 Å². The zero-order chi connectivity index (χ0) is 9.36. The van der Waals surface area contributed by atoms with E-state index >= 15 is 0 Å². The van der Waals surface area contributed by atoms with Gasteiger partial charge in [-0.2, -0.15) is 0 Å². The number of aliphatic hydroxyl groups excluding tert-OH is 1. The van der Waals surface area contributed by atoms with Crippen molar-refractivity contribution in [1.82, 2.24) is 4.98 Å². The lowest BCUT2D eigenvalue weighted by molar-refractivity contribution is 0.110. The Kier molecular flexibility index (Phi) is 5.13. The quantitative estimate of drug-likeness (QED) is 0.674. The Labute approximate surface area is 78.4 Å². The normalized spacial score (nSPS) is 10.2. The SMILES string of the molecule is OCCCCOCc1ccccn1. The van der Waals surface area contributed by atoms with Crippen LogP contribution in [0.25, 0.3) is 0 Å². The van der Waals surface area contributed by atoms with Crippen LogP contribution in [0, 0.1) is 0 Å². The smallest absolute Gasteiger partial charge is 0.0887 e. The maximum absolute atomic E-state index is 8.51. The predicted molar refractivity (Wildman–Crippen MR) is 50.2 cm³/mol. The fourth-order valence-electron chi connectivity index (χ4n) is 0.976. The molecule has 1 aromatic heterocycles. The molecule has 0 spiro atoms. The van der Waals surface area contributed by atoms with Gasteiger partial charge in [0, 0.05) is 19.4 Å². The highest BCUT2D eigenvalue weighted by Crippen LogP contribution is 1.97. The highest BCUT2D eigenvalue weighted by atomic mass is 16.5. The number of aromatic nitrogens is 1. The third kappa shape index (κ3) is 4.60. The van der Waals surface area contributed by atoms with Crippen LogP contribution in [0.5, 0.6) is 0 Å². The van der Waals surface area contributed by atoms with Gasteiger partial charge in [-0.25, -0.2) is 0 Å². The second kappa shape index (κ2) is 6.57. The van der Waals surface area contributed by atoms with Gasteiger partial charge in [-0.1, -0.05) is 6.07 Å². The molecule has 0 amide bonds. The minimum absolute atomic E-state index is 0.243. The number of unbranched alkanes of at least 4 members (excludes halogenated alkanes) is 1. The molecule has 0 saturated carbocycles. The zero-order valence-corrected chi connectivity index (χ0v) is 7.65. The number of hydrogen-bond acceptors (Lipinski definition) is 3. The molecule has 0 radical (unpaired) electrons. The molecule has 0 atom stereocenters. The summed E-state index contributed by atoms with van der Waals surface area (Å²) in [6.45, 7) is 1.50. The first-order chi connectivity index (χ1) is 6.43. The van der Waals surface area contributed by atoms with E-state index in [4.69, 9.17) is 9.84 Å². The van der Waals surface area contributed by atoms with E-state index in [9.17, 15) is 0 Å². The van der Waals surface area contributed by atoms with Crippen molar-refractivity contribution in [3.8, 4) is 0 Å². The molecule has 0 saturated heterocycles. The minimum Gasteiger partial charge on any atom is -0.396 e. The lowest BCUT2D eigenvalue weighted by Gasteiger charge is -2.02. The third-order valence-electron chi connectivity index (χ3n) is 1.67. The van der Waals surface area contributed by atoms with Gasteiger partial charge >= 0.3 is 0 Å². The largest absolute Gasteiger partial charge is 0.396 e. The number of aliphatic hydroxyl groups is 1. The Morgan fingerprint density at radius 3 is 2.92 bits per heavy atom. The van der Waals surface area contributed by atoms with Crippen molar-refractivity contribution in [2.75, 3.05) is 13.2 Å². The summed E-state index contributed by atoms with van der Waals surface area (Å²) < 4.78 is 5.35. The molecule has 0 aliphatic carbocycles. The Morgan fingerprint density at radius 1 is 1.31 bits per heavy atom. The van der Waals surface area contributed by atoms with E-state index < -0.39 is 0 Å². The fraction of sp³-hybridized carbons (Fsp3) is 0.500. The molecule has 0 aromatic carbocycles. The molecule has 1 heterocycles. The van der Waals surface area contributed by atoms with Gasteiger partial charge < -0.3 is 9.84 Å². The van der Waals surface area contributed by atoms with Crippen molar-refractivity contribution in [3.63, 3.8) is 0 Å². The highest BCUT2D eigenvalue weighted by molar-refractivity contribution is 5.01. The first-order valence-corrected chi connectivity index (χ1v) is 4.52. The summed E-state index contributed by atoms with van der Waals surface area (Å²) in [5, 5.41) is 8.51. The van der Waals surface area contributed by atoms with Gasteiger partial charge in [-0.05, 0) is 25.0 Å². The second-order valence-corrected chi connectivity index (χ2v) is 2.80. The Bertz CT molecular complexity index is 213. The van der Waals surface area contributed by atoms with Crippen LogP contribution in [0.1, 0.15) is 18.5 Å². The van der Waals surface area contributed by atoms with Gasteiger partial charge in [-0.3, -0.25) is 4.98 Å². The molecule has 72 valence electrons. The van der Waals surface area contributed by atoms with Crippen LogP contribution in [0.2, 0.25) is 0 Å². The number of hydrogen-bond donors (Lipinski definition) is 1. The van der Waals surface area contributed by atoms with Crippen molar-refractivity contribution < 1.29 is 9.84 Å². The molecule has 0 fully saturated rings. The first-order valence-electron chi connectivity index (χ1n) is 4.52. The summed E-state index contributed by atoms with van der Waals surface area (Å²) in [5.74, 6) is 0. The molecule has 13 heavy (non-hydrogen) atoms. The van der Waals surface area contributed by atoms with Crippen molar-refractivity contribution in [3.05, 3.63) is 30.1 Å². The van der Waals surface area contributed by atoms with Crippen molar-refractivity contribution >= 4 is 0 Å². The molecule has 0 aliphatic heterocycles. The third-order valence-corrected chi connectivity index (χ3v) is 1.67. The molecule has 3 nitrogen and oxygen atoms in total. The van der Waals surface area contributed by atoms with E-state index in [0.29, 0.717) is 13.2 Å². The number of ether oxygens (including phenoxy) is 1. The number of rotatable bonds is 6. The van der Waals surface area contributed by atoms with E-state index in [0.717, 1.165) is 18.5 Å². The van der Waals surface area contributed by atoms with E-state index in [1.165, 1.54) is 0 Å². The first kappa shape index (κ1) is 10.2. The number of pyridine rings is 1. The topological polar surface area (TPSA) is 42.4 Å². The predicted octanol–water partition coefficient (Wildman–Crippen LogP) is 1.37. The molecule has 1 aromatic rings. The van der Waals surface area contributed by atoms with Gasteiger partial charge in [0.05, 0.1) is 12.3 Å². The molecule has 0 unspecified atom stereocenters. The second-order valence-electron chi connectivity index (χ2n) is 2.80. The summed E-state index contributed by atoms with van der Waals surface area (Å²) in [6, 6.07) is 5.76. The Balaban J connectivity index is 2.07. The highest BCUT2D eigenvalue weighted by Gasteiger charge is 1.92. The number of nitrogens with zero attached hydrogens (tertiary/aromatic N) is 1. The lowest BCUT2D eigenvalue weighted by Crippen LogP contribution is -1.98. The average molecular weight is 181 g/mol. The monoisotopic (exact) mass is 181 g/mol. The van der Waals surface area contributed by atoms with Crippen LogP contribution in [-0.4, -0.2) is 23.3 Å². The lowest BCUT2D eigenvalue weighted by atomic mass is 10.3. The molecule has 1 rings (SSSR count). The summed E-state index contributed by atoms with van der Waals surface area (Å²) in [7, 11) is 0. The summed E-state index contributed by atoms with van der Waals surface area (Å²) in [4.78, 5) is 4.12. The van der Waals surface area contributed by atoms with E-state index in [1.807, 2.05) is 18.2 Å². The van der Waals surface area contributed by atoms with Crippen LogP contribution in [0.15, 0.2) is 24.4 Å². The summed E-state index contributed by atoms with van der Waals surface area (Å²) >= 11 is 0. The van der Waals surface area contributed by atoms with Gasteiger partial charge in [0.1, 0.15) is 0 Å². The average Bonchev–Trinajstić information content (AvgIpc) is 2.19. The van der Waals surface area contributed by atoms with E-state index in [-0.39, 0.29) is 6.61 Å².